The van der Waals surface area contributed by atoms with Crippen LogP contribution in [0.3, 0.4) is 0 Å². The van der Waals surface area contributed by atoms with Gasteiger partial charge in [-0.3, -0.25) is 9.69 Å². The Hall–Kier alpha value is -1.26. The highest BCUT2D eigenvalue weighted by Gasteiger charge is 2.11. The van der Waals surface area contributed by atoms with Gasteiger partial charge < -0.3 is 10.2 Å². The number of nitrogens with zero attached hydrogens (tertiary/aromatic N) is 1. The predicted octanol–water partition coefficient (Wildman–Crippen LogP) is 3.06. The van der Waals surface area contributed by atoms with E-state index in [4.69, 9.17) is 5.11 Å². The summed E-state index contributed by atoms with van der Waals surface area (Å²) in [5.41, 5.74) is 1.07. The fourth-order valence-electron chi connectivity index (χ4n) is 1.87. The summed E-state index contributed by atoms with van der Waals surface area (Å²) in [5.74, 6) is -0.461. The number of phenolic OH excluding ortho intramolecular Hbond substituents is 1. The van der Waals surface area contributed by atoms with Crippen molar-refractivity contribution in [3.05, 3.63) is 29.8 Å². The molecule has 0 bridgehead atoms. The van der Waals surface area contributed by atoms with Crippen LogP contribution in [0.1, 0.15) is 37.8 Å². The van der Waals surface area contributed by atoms with E-state index in [9.17, 15) is 9.90 Å². The molecule has 1 atom stereocenters. The molecule has 19 heavy (non-hydrogen) atoms. The quantitative estimate of drug-likeness (QED) is 0.757. The standard InChI is InChI=1S/C14H21NO3.ClH/c1-11(12-6-5-7-13(16)10-12)15(2)9-4-3-8-14(17)18;/h5-7,10-11,16H,3-4,8-9H2,1-2H3,(H,17,18);1H. The largest absolute Gasteiger partial charge is 0.508 e. The van der Waals surface area contributed by atoms with E-state index in [2.05, 4.69) is 11.8 Å². The molecule has 1 rings (SSSR count). The van der Waals surface area contributed by atoms with Crippen LogP contribution in [0.5, 0.6) is 5.75 Å². The molecule has 5 heteroatoms. The normalized spacial score (nSPS) is 11.9. The van der Waals surface area contributed by atoms with Crippen LogP contribution < -0.4 is 0 Å². The van der Waals surface area contributed by atoms with Gasteiger partial charge in [0.05, 0.1) is 0 Å². The van der Waals surface area contributed by atoms with Crippen LogP contribution in [0.2, 0.25) is 0 Å². The molecule has 4 nitrogen and oxygen atoms in total. The molecule has 1 unspecified atom stereocenters. The van der Waals surface area contributed by atoms with Gasteiger partial charge in [0.15, 0.2) is 0 Å². The summed E-state index contributed by atoms with van der Waals surface area (Å²) >= 11 is 0. The third kappa shape index (κ3) is 6.45. The van der Waals surface area contributed by atoms with Gasteiger partial charge in [0.1, 0.15) is 5.75 Å². The molecular weight excluding hydrogens is 266 g/mol. The Bertz CT molecular complexity index is 398. The van der Waals surface area contributed by atoms with Crippen LogP contribution in [0, 0.1) is 0 Å². The molecule has 0 saturated heterocycles. The van der Waals surface area contributed by atoms with Crippen LogP contribution in [0.25, 0.3) is 0 Å². The molecule has 0 saturated carbocycles. The third-order valence-electron chi connectivity index (χ3n) is 3.17. The zero-order chi connectivity index (χ0) is 13.5. The van der Waals surface area contributed by atoms with E-state index in [0.717, 1.165) is 18.5 Å². The van der Waals surface area contributed by atoms with Crippen molar-refractivity contribution >= 4 is 18.4 Å². The second-order valence-electron chi connectivity index (χ2n) is 4.60. The molecule has 0 aromatic heterocycles. The Labute approximate surface area is 120 Å². The first-order valence-corrected chi connectivity index (χ1v) is 6.21. The molecular formula is C14H22ClNO3. The molecule has 1 aromatic carbocycles. The number of halogens is 1. The highest BCUT2D eigenvalue weighted by atomic mass is 35.5. The molecule has 0 spiro atoms. The molecule has 1 aromatic rings. The van der Waals surface area contributed by atoms with Gasteiger partial charge >= 0.3 is 5.97 Å². The van der Waals surface area contributed by atoms with Crippen molar-refractivity contribution in [1.82, 2.24) is 4.90 Å². The summed E-state index contributed by atoms with van der Waals surface area (Å²) in [6.07, 6.45) is 1.80. The molecule has 0 aliphatic heterocycles. The maximum absolute atomic E-state index is 10.4. The van der Waals surface area contributed by atoms with E-state index < -0.39 is 5.97 Å². The second kappa shape index (κ2) is 8.77. The van der Waals surface area contributed by atoms with E-state index in [-0.39, 0.29) is 30.6 Å². The zero-order valence-corrected chi connectivity index (χ0v) is 12.2. The summed E-state index contributed by atoms with van der Waals surface area (Å²) < 4.78 is 0. The minimum absolute atomic E-state index is 0. The fraction of sp³-hybridized carbons (Fsp3) is 0.500. The average Bonchev–Trinajstić information content (AvgIpc) is 2.33. The number of benzene rings is 1. The number of carbonyl (C=O) groups is 1. The number of carboxylic acids is 1. The van der Waals surface area contributed by atoms with E-state index >= 15 is 0 Å². The van der Waals surface area contributed by atoms with Gasteiger partial charge in [-0.05, 0) is 51.1 Å². The highest BCUT2D eigenvalue weighted by Crippen LogP contribution is 2.22. The number of rotatable bonds is 7. The summed E-state index contributed by atoms with van der Waals surface area (Å²) in [4.78, 5) is 12.6. The summed E-state index contributed by atoms with van der Waals surface area (Å²) in [5, 5.41) is 18.0. The van der Waals surface area contributed by atoms with Gasteiger partial charge in [-0.2, -0.15) is 0 Å². The molecule has 0 aliphatic rings. The van der Waals surface area contributed by atoms with Gasteiger partial charge in [0.25, 0.3) is 0 Å². The SMILES string of the molecule is CC(c1cccc(O)c1)N(C)CCCCC(=O)O.Cl. The number of hydrogen-bond donors (Lipinski definition) is 2. The Kier molecular flexibility index (Phi) is 8.19. The van der Waals surface area contributed by atoms with Gasteiger partial charge in [-0.25, -0.2) is 0 Å². The lowest BCUT2D eigenvalue weighted by atomic mass is 10.1. The van der Waals surface area contributed by atoms with Gasteiger partial charge in [-0.15, -0.1) is 12.4 Å². The molecule has 0 radical (unpaired) electrons. The van der Waals surface area contributed by atoms with Crippen LogP contribution in [0.4, 0.5) is 0 Å². The van der Waals surface area contributed by atoms with Crippen molar-refractivity contribution in [2.45, 2.75) is 32.2 Å². The van der Waals surface area contributed by atoms with Crippen LogP contribution in [0.15, 0.2) is 24.3 Å². The summed E-state index contributed by atoms with van der Waals surface area (Å²) in [7, 11) is 2.01. The minimum atomic E-state index is -0.737. The summed E-state index contributed by atoms with van der Waals surface area (Å²) in [6, 6.07) is 7.45. The van der Waals surface area contributed by atoms with Crippen LogP contribution in [-0.2, 0) is 4.79 Å². The number of aliphatic carboxylic acids is 1. The van der Waals surface area contributed by atoms with Crippen molar-refractivity contribution < 1.29 is 15.0 Å². The number of carboxylic acid groups (broad SMARTS) is 1. The predicted molar refractivity (Wildman–Crippen MR) is 77.9 cm³/mol. The lowest BCUT2D eigenvalue weighted by molar-refractivity contribution is -0.137. The lowest BCUT2D eigenvalue weighted by Gasteiger charge is -2.25. The van der Waals surface area contributed by atoms with Crippen LogP contribution >= 0.6 is 12.4 Å². The smallest absolute Gasteiger partial charge is 0.303 e. The molecule has 0 fully saturated rings. The first kappa shape index (κ1) is 17.7. The first-order valence-electron chi connectivity index (χ1n) is 6.21. The Morgan fingerprint density at radius 1 is 1.37 bits per heavy atom. The average molecular weight is 288 g/mol. The minimum Gasteiger partial charge on any atom is -0.508 e. The van der Waals surface area contributed by atoms with Crippen molar-refractivity contribution in [2.75, 3.05) is 13.6 Å². The number of hydrogen-bond acceptors (Lipinski definition) is 3. The third-order valence-corrected chi connectivity index (χ3v) is 3.17. The molecule has 0 heterocycles. The van der Waals surface area contributed by atoms with E-state index in [1.807, 2.05) is 19.2 Å². The number of unbranched alkanes of at least 4 members (excludes halogenated alkanes) is 1. The number of phenols is 1. The highest BCUT2D eigenvalue weighted by molar-refractivity contribution is 5.85. The second-order valence-corrected chi connectivity index (χ2v) is 4.60. The monoisotopic (exact) mass is 287 g/mol. The fourth-order valence-corrected chi connectivity index (χ4v) is 1.87. The van der Waals surface area contributed by atoms with Gasteiger partial charge in [0.2, 0.25) is 0 Å². The van der Waals surface area contributed by atoms with Crippen LogP contribution in [-0.4, -0.2) is 34.7 Å². The topological polar surface area (TPSA) is 60.8 Å². The molecule has 0 amide bonds. The molecule has 0 aliphatic carbocycles. The zero-order valence-electron chi connectivity index (χ0n) is 11.4. The Morgan fingerprint density at radius 3 is 2.63 bits per heavy atom. The van der Waals surface area contributed by atoms with Crippen molar-refractivity contribution in [2.24, 2.45) is 0 Å². The van der Waals surface area contributed by atoms with E-state index in [1.54, 1.807) is 12.1 Å². The van der Waals surface area contributed by atoms with Gasteiger partial charge in [-0.1, -0.05) is 12.1 Å². The lowest BCUT2D eigenvalue weighted by Crippen LogP contribution is -2.23. The molecule has 2 N–H and O–H groups in total. The Morgan fingerprint density at radius 2 is 2.05 bits per heavy atom. The number of aromatic hydroxyl groups is 1. The van der Waals surface area contributed by atoms with Crippen molar-refractivity contribution in [1.29, 1.82) is 0 Å². The van der Waals surface area contributed by atoms with Crippen molar-refractivity contribution in [3.63, 3.8) is 0 Å². The molecule has 108 valence electrons. The Balaban J connectivity index is 0.00000324. The van der Waals surface area contributed by atoms with Gasteiger partial charge in [0, 0.05) is 12.5 Å². The summed E-state index contributed by atoms with van der Waals surface area (Å²) in [6.45, 7) is 2.93. The van der Waals surface area contributed by atoms with E-state index in [1.165, 1.54) is 0 Å². The van der Waals surface area contributed by atoms with Crippen molar-refractivity contribution in [3.8, 4) is 5.75 Å². The first-order chi connectivity index (χ1) is 8.50. The van der Waals surface area contributed by atoms with E-state index in [0.29, 0.717) is 6.42 Å². The maximum atomic E-state index is 10.4. The maximum Gasteiger partial charge on any atom is 0.303 e.